The van der Waals surface area contributed by atoms with Gasteiger partial charge in [-0.1, -0.05) is 30.3 Å². The molecule has 0 bridgehead atoms. The van der Waals surface area contributed by atoms with Crippen LogP contribution in [-0.2, 0) is 10.7 Å². The molecule has 0 spiro atoms. The summed E-state index contributed by atoms with van der Waals surface area (Å²) >= 11 is 0. The molecule has 1 amide bonds. The van der Waals surface area contributed by atoms with E-state index in [0.717, 1.165) is 32.4 Å². The zero-order chi connectivity index (χ0) is 14.4. The van der Waals surface area contributed by atoms with Crippen LogP contribution in [0.15, 0.2) is 30.3 Å². The summed E-state index contributed by atoms with van der Waals surface area (Å²) in [5.74, 6) is -3.04. The molecule has 0 saturated carbocycles. The zero-order valence-corrected chi connectivity index (χ0v) is 11.4. The minimum Gasteiger partial charge on any atom is -0.342 e. The van der Waals surface area contributed by atoms with Gasteiger partial charge in [0.05, 0.1) is 13.1 Å². The molecule has 0 unspecified atom stereocenters. The summed E-state index contributed by atoms with van der Waals surface area (Å²) in [7, 11) is 0. The third kappa shape index (κ3) is 4.00. The summed E-state index contributed by atoms with van der Waals surface area (Å²) in [5.41, 5.74) is -0.0297. The van der Waals surface area contributed by atoms with E-state index in [1.807, 2.05) is 0 Å². The highest BCUT2D eigenvalue weighted by Gasteiger charge is 2.31. The van der Waals surface area contributed by atoms with E-state index in [1.54, 1.807) is 23.1 Å². The third-order valence-corrected chi connectivity index (χ3v) is 3.53. The van der Waals surface area contributed by atoms with Crippen molar-refractivity contribution >= 4 is 5.91 Å². The van der Waals surface area contributed by atoms with Gasteiger partial charge < -0.3 is 10.2 Å². The first-order chi connectivity index (χ1) is 9.59. The number of amides is 1. The quantitative estimate of drug-likeness (QED) is 0.899. The molecule has 1 N–H and O–H groups in total. The fourth-order valence-electron chi connectivity index (χ4n) is 2.37. The van der Waals surface area contributed by atoms with Crippen LogP contribution in [-0.4, -0.2) is 37.0 Å². The maximum Gasteiger partial charge on any atom is 0.285 e. The number of rotatable bonds is 5. The number of alkyl halides is 2. The molecular weight excluding hydrogens is 262 g/mol. The number of nitrogens with zero attached hydrogens (tertiary/aromatic N) is 1. The Morgan fingerprint density at radius 2 is 1.80 bits per heavy atom. The lowest BCUT2D eigenvalue weighted by Gasteiger charge is -2.27. The lowest BCUT2D eigenvalue weighted by Crippen LogP contribution is -2.43. The molecule has 0 atom stereocenters. The van der Waals surface area contributed by atoms with E-state index in [2.05, 4.69) is 5.32 Å². The van der Waals surface area contributed by atoms with Gasteiger partial charge in [-0.2, -0.15) is 8.78 Å². The number of hydrogen-bond acceptors (Lipinski definition) is 2. The first kappa shape index (κ1) is 14.9. The van der Waals surface area contributed by atoms with Crippen LogP contribution in [0, 0.1) is 0 Å². The van der Waals surface area contributed by atoms with Crippen molar-refractivity contribution in [1.29, 1.82) is 0 Å². The van der Waals surface area contributed by atoms with Crippen molar-refractivity contribution in [3.8, 4) is 0 Å². The smallest absolute Gasteiger partial charge is 0.285 e. The van der Waals surface area contributed by atoms with E-state index in [0.29, 0.717) is 0 Å². The second-order valence-electron chi connectivity index (χ2n) is 5.12. The summed E-state index contributed by atoms with van der Waals surface area (Å²) < 4.78 is 27.7. The number of nitrogens with one attached hydrogen (secondary N) is 1. The number of halogens is 2. The Morgan fingerprint density at radius 1 is 1.15 bits per heavy atom. The molecule has 1 fully saturated rings. The molecule has 0 aliphatic carbocycles. The number of carbonyl (C=O) groups is 1. The summed E-state index contributed by atoms with van der Waals surface area (Å²) in [5, 5.41) is 2.58. The summed E-state index contributed by atoms with van der Waals surface area (Å²) in [6, 6.07) is 7.67. The van der Waals surface area contributed by atoms with E-state index in [-0.39, 0.29) is 18.0 Å². The molecule has 1 aromatic carbocycles. The highest BCUT2D eigenvalue weighted by Crippen LogP contribution is 2.26. The van der Waals surface area contributed by atoms with Crippen molar-refractivity contribution in [3.05, 3.63) is 35.9 Å². The van der Waals surface area contributed by atoms with Gasteiger partial charge in [-0.05, 0) is 19.3 Å². The highest BCUT2D eigenvalue weighted by atomic mass is 19.3. The topological polar surface area (TPSA) is 32.3 Å². The van der Waals surface area contributed by atoms with Crippen molar-refractivity contribution in [2.75, 3.05) is 26.2 Å². The third-order valence-electron chi connectivity index (χ3n) is 3.53. The Balaban J connectivity index is 1.78. The molecule has 0 aromatic heterocycles. The van der Waals surface area contributed by atoms with Gasteiger partial charge in [0.1, 0.15) is 0 Å². The van der Waals surface area contributed by atoms with Gasteiger partial charge in [-0.25, -0.2) is 0 Å². The molecule has 2 rings (SSSR count). The molecule has 1 heterocycles. The fraction of sp³-hybridized carbons (Fsp3) is 0.533. The summed E-state index contributed by atoms with van der Waals surface area (Å²) in [6.45, 7) is 0.949. The highest BCUT2D eigenvalue weighted by molar-refractivity contribution is 5.78. The normalized spacial score (nSPS) is 16.2. The standard InChI is InChI=1S/C15H20F2N2O/c16-15(17,13-7-3-1-4-8-13)12-18-11-14(20)19-9-5-2-6-10-19/h1,3-4,7-8,18H,2,5-6,9-12H2. The molecule has 1 saturated heterocycles. The number of piperidine rings is 1. The minimum absolute atomic E-state index is 0.0254. The lowest BCUT2D eigenvalue weighted by molar-refractivity contribution is -0.131. The second kappa shape index (κ2) is 6.79. The van der Waals surface area contributed by atoms with E-state index in [1.165, 1.54) is 12.1 Å². The van der Waals surface area contributed by atoms with Crippen molar-refractivity contribution in [1.82, 2.24) is 10.2 Å². The van der Waals surface area contributed by atoms with Gasteiger partial charge in [-0.3, -0.25) is 4.79 Å². The average molecular weight is 282 g/mol. The van der Waals surface area contributed by atoms with Gasteiger partial charge >= 0.3 is 0 Å². The van der Waals surface area contributed by atoms with Crippen LogP contribution in [0.4, 0.5) is 8.78 Å². The Morgan fingerprint density at radius 3 is 2.45 bits per heavy atom. The zero-order valence-electron chi connectivity index (χ0n) is 11.4. The van der Waals surface area contributed by atoms with E-state index >= 15 is 0 Å². The number of likely N-dealkylation sites (tertiary alicyclic amines) is 1. The van der Waals surface area contributed by atoms with Crippen LogP contribution in [0.3, 0.4) is 0 Å². The molecule has 5 heteroatoms. The molecule has 110 valence electrons. The number of hydrogen-bond donors (Lipinski definition) is 1. The predicted molar refractivity (Wildman–Crippen MR) is 73.6 cm³/mol. The summed E-state index contributed by atoms with van der Waals surface area (Å²) in [4.78, 5) is 13.6. The average Bonchev–Trinajstić information content (AvgIpc) is 2.49. The molecule has 0 radical (unpaired) electrons. The maximum absolute atomic E-state index is 13.9. The summed E-state index contributed by atoms with van der Waals surface area (Å²) in [6.07, 6.45) is 3.15. The molecule has 20 heavy (non-hydrogen) atoms. The van der Waals surface area contributed by atoms with Crippen LogP contribution < -0.4 is 5.32 Å². The van der Waals surface area contributed by atoms with Crippen LogP contribution in [0.25, 0.3) is 0 Å². The Bertz CT molecular complexity index is 431. The molecular formula is C15H20F2N2O. The van der Waals surface area contributed by atoms with Crippen molar-refractivity contribution in [2.24, 2.45) is 0 Å². The number of benzene rings is 1. The largest absolute Gasteiger partial charge is 0.342 e. The number of carbonyl (C=O) groups excluding carboxylic acids is 1. The Hall–Kier alpha value is -1.49. The van der Waals surface area contributed by atoms with Crippen LogP contribution in [0.5, 0.6) is 0 Å². The Kier molecular flexibility index (Phi) is 5.06. The fourth-order valence-corrected chi connectivity index (χ4v) is 2.37. The van der Waals surface area contributed by atoms with Crippen molar-refractivity contribution in [2.45, 2.75) is 25.2 Å². The van der Waals surface area contributed by atoms with Crippen molar-refractivity contribution in [3.63, 3.8) is 0 Å². The monoisotopic (exact) mass is 282 g/mol. The van der Waals surface area contributed by atoms with Gasteiger partial charge in [0.2, 0.25) is 5.91 Å². The lowest BCUT2D eigenvalue weighted by atomic mass is 10.1. The van der Waals surface area contributed by atoms with E-state index in [9.17, 15) is 13.6 Å². The van der Waals surface area contributed by atoms with Gasteiger partial charge in [0.15, 0.2) is 0 Å². The van der Waals surface area contributed by atoms with Crippen LogP contribution >= 0.6 is 0 Å². The molecule has 1 aromatic rings. The molecule has 1 aliphatic rings. The van der Waals surface area contributed by atoms with Crippen molar-refractivity contribution < 1.29 is 13.6 Å². The SMILES string of the molecule is O=C(CNCC(F)(F)c1ccccc1)N1CCCCC1. The van der Waals surface area contributed by atoms with Gasteiger partial charge in [0, 0.05) is 18.7 Å². The minimum atomic E-state index is -2.95. The molecule has 3 nitrogen and oxygen atoms in total. The first-order valence-corrected chi connectivity index (χ1v) is 7.01. The van der Waals surface area contributed by atoms with E-state index < -0.39 is 12.5 Å². The maximum atomic E-state index is 13.9. The second-order valence-corrected chi connectivity index (χ2v) is 5.12. The molecule has 1 aliphatic heterocycles. The predicted octanol–water partition coefficient (Wildman–Crippen LogP) is 2.38. The van der Waals surface area contributed by atoms with Crippen LogP contribution in [0.1, 0.15) is 24.8 Å². The first-order valence-electron chi connectivity index (χ1n) is 7.01. The van der Waals surface area contributed by atoms with Gasteiger partial charge in [0.25, 0.3) is 5.92 Å². The Labute approximate surface area is 118 Å². The van der Waals surface area contributed by atoms with E-state index in [4.69, 9.17) is 0 Å². The van der Waals surface area contributed by atoms with Crippen LogP contribution in [0.2, 0.25) is 0 Å². The van der Waals surface area contributed by atoms with Gasteiger partial charge in [-0.15, -0.1) is 0 Å².